The number of benzene rings is 3. The summed E-state index contributed by atoms with van der Waals surface area (Å²) in [5, 5.41) is 3.10. The Balaban J connectivity index is 1.79. The Morgan fingerprint density at radius 1 is 0.861 bits per heavy atom. The Morgan fingerprint density at radius 2 is 1.44 bits per heavy atom. The van der Waals surface area contributed by atoms with Gasteiger partial charge in [-0.15, -0.1) is 0 Å². The number of halogens is 1. The average Bonchev–Trinajstić information content (AvgIpc) is 2.78. The lowest BCUT2D eigenvalue weighted by Crippen LogP contribution is -2.45. The van der Waals surface area contributed by atoms with Gasteiger partial charge in [-0.2, -0.15) is 0 Å². The normalized spacial score (nSPS) is 12.6. The molecule has 2 N–H and O–H groups in total. The van der Waals surface area contributed by atoms with Gasteiger partial charge in [0.2, 0.25) is 15.9 Å². The van der Waals surface area contributed by atoms with Crippen molar-refractivity contribution in [2.24, 2.45) is 0 Å². The Hall–Kier alpha value is -3.08. The standard InChI is InChI=1S/C25H28ClN3O5S2/c1-16-6-7-18(3)24(14-16)29(35(5,31)32)19(4)25(30)27-20-10-12-22(13-11-20)36(33,34)28-21-9-8-17(2)23(26)15-21/h6-15,19,28H,1-5H3,(H,27,30). The number of hydrogen-bond donors (Lipinski definition) is 2. The second-order valence-electron chi connectivity index (χ2n) is 8.61. The van der Waals surface area contributed by atoms with Crippen molar-refractivity contribution >= 4 is 54.6 Å². The highest BCUT2D eigenvalue weighted by Gasteiger charge is 2.30. The van der Waals surface area contributed by atoms with E-state index in [9.17, 15) is 21.6 Å². The fraction of sp³-hybridized carbons (Fsp3) is 0.240. The Kier molecular flexibility index (Phi) is 8.02. The van der Waals surface area contributed by atoms with Gasteiger partial charge in [0, 0.05) is 10.7 Å². The van der Waals surface area contributed by atoms with E-state index >= 15 is 0 Å². The molecule has 1 amide bonds. The van der Waals surface area contributed by atoms with Crippen LogP contribution in [-0.4, -0.2) is 35.0 Å². The van der Waals surface area contributed by atoms with Crippen LogP contribution in [0.1, 0.15) is 23.6 Å². The maximum absolute atomic E-state index is 13.0. The smallest absolute Gasteiger partial charge is 0.261 e. The molecule has 3 aromatic rings. The van der Waals surface area contributed by atoms with Crippen molar-refractivity contribution in [2.45, 2.75) is 38.6 Å². The minimum absolute atomic E-state index is 0.0154. The van der Waals surface area contributed by atoms with Gasteiger partial charge in [-0.1, -0.05) is 29.8 Å². The fourth-order valence-corrected chi connectivity index (χ4v) is 6.03. The van der Waals surface area contributed by atoms with Gasteiger partial charge in [-0.05, 0) is 86.8 Å². The maximum Gasteiger partial charge on any atom is 0.261 e. The van der Waals surface area contributed by atoms with E-state index in [0.29, 0.717) is 27.6 Å². The Morgan fingerprint density at radius 3 is 2.03 bits per heavy atom. The maximum atomic E-state index is 13.0. The van der Waals surface area contributed by atoms with Crippen LogP contribution in [0.15, 0.2) is 65.6 Å². The summed E-state index contributed by atoms with van der Waals surface area (Å²) < 4.78 is 54.2. The number of aryl methyl sites for hydroxylation is 3. The number of carbonyl (C=O) groups excluding carboxylic acids is 1. The molecule has 0 aliphatic carbocycles. The fourth-order valence-electron chi connectivity index (χ4n) is 3.57. The number of rotatable bonds is 8. The van der Waals surface area contributed by atoms with Crippen LogP contribution in [0.5, 0.6) is 0 Å². The topological polar surface area (TPSA) is 113 Å². The molecule has 192 valence electrons. The second-order valence-corrected chi connectivity index (χ2v) is 12.6. The van der Waals surface area contributed by atoms with Crippen LogP contribution in [0.2, 0.25) is 5.02 Å². The molecule has 11 heteroatoms. The van der Waals surface area contributed by atoms with Gasteiger partial charge in [0.15, 0.2) is 0 Å². The van der Waals surface area contributed by atoms with Crippen molar-refractivity contribution in [2.75, 3.05) is 20.6 Å². The summed E-state index contributed by atoms with van der Waals surface area (Å²) in [4.78, 5) is 13.0. The third kappa shape index (κ3) is 6.37. The molecule has 0 saturated carbocycles. The third-order valence-electron chi connectivity index (χ3n) is 5.55. The van der Waals surface area contributed by atoms with Crippen LogP contribution >= 0.6 is 11.6 Å². The molecule has 0 heterocycles. The monoisotopic (exact) mass is 549 g/mol. The summed E-state index contributed by atoms with van der Waals surface area (Å²) in [6.45, 7) is 6.92. The van der Waals surface area contributed by atoms with Crippen LogP contribution in [0.3, 0.4) is 0 Å². The van der Waals surface area contributed by atoms with Gasteiger partial charge in [0.05, 0.1) is 22.5 Å². The zero-order valence-corrected chi connectivity index (χ0v) is 22.9. The van der Waals surface area contributed by atoms with E-state index in [2.05, 4.69) is 10.0 Å². The number of nitrogens with one attached hydrogen (secondary N) is 2. The highest BCUT2D eigenvalue weighted by molar-refractivity contribution is 7.92. The second kappa shape index (κ2) is 10.5. The van der Waals surface area contributed by atoms with E-state index in [4.69, 9.17) is 11.6 Å². The minimum atomic E-state index is -3.89. The van der Waals surface area contributed by atoms with Crippen LogP contribution < -0.4 is 14.3 Å². The van der Waals surface area contributed by atoms with Crippen molar-refractivity contribution in [3.63, 3.8) is 0 Å². The molecule has 0 radical (unpaired) electrons. The van der Waals surface area contributed by atoms with E-state index in [0.717, 1.165) is 21.7 Å². The van der Waals surface area contributed by atoms with Crippen LogP contribution in [-0.2, 0) is 24.8 Å². The molecule has 0 saturated heterocycles. The highest BCUT2D eigenvalue weighted by Crippen LogP contribution is 2.27. The first-order valence-electron chi connectivity index (χ1n) is 11.0. The first kappa shape index (κ1) is 27.5. The van der Waals surface area contributed by atoms with Gasteiger partial charge in [0.1, 0.15) is 6.04 Å². The predicted molar refractivity (Wildman–Crippen MR) is 145 cm³/mol. The number of sulfonamides is 2. The average molecular weight is 550 g/mol. The van der Waals surface area contributed by atoms with Crippen LogP contribution in [0, 0.1) is 20.8 Å². The molecule has 8 nitrogen and oxygen atoms in total. The van der Waals surface area contributed by atoms with Gasteiger partial charge >= 0.3 is 0 Å². The molecular weight excluding hydrogens is 522 g/mol. The van der Waals surface area contributed by atoms with Crippen LogP contribution in [0.25, 0.3) is 0 Å². The lowest BCUT2D eigenvalue weighted by atomic mass is 10.1. The Labute approximate surface area is 217 Å². The molecule has 0 spiro atoms. The zero-order chi connectivity index (χ0) is 26.8. The summed E-state index contributed by atoms with van der Waals surface area (Å²) in [5.74, 6) is -0.565. The number of nitrogens with zero attached hydrogens (tertiary/aromatic N) is 1. The highest BCUT2D eigenvalue weighted by atomic mass is 35.5. The lowest BCUT2D eigenvalue weighted by Gasteiger charge is -2.29. The number of anilines is 3. The van der Waals surface area contributed by atoms with Crippen molar-refractivity contribution in [3.05, 3.63) is 82.4 Å². The molecule has 3 aromatic carbocycles. The molecule has 0 aliphatic rings. The molecule has 36 heavy (non-hydrogen) atoms. The summed E-state index contributed by atoms with van der Waals surface area (Å²) in [5.41, 5.74) is 3.45. The first-order valence-corrected chi connectivity index (χ1v) is 14.7. The van der Waals surface area contributed by atoms with Crippen LogP contribution in [0.4, 0.5) is 17.1 Å². The third-order valence-corrected chi connectivity index (χ3v) is 8.58. The first-order chi connectivity index (χ1) is 16.7. The van der Waals surface area contributed by atoms with Crippen molar-refractivity contribution in [1.29, 1.82) is 0 Å². The van der Waals surface area contributed by atoms with E-state index in [-0.39, 0.29) is 4.90 Å². The molecule has 3 rings (SSSR count). The van der Waals surface area contributed by atoms with Gasteiger partial charge in [-0.3, -0.25) is 13.8 Å². The number of hydrogen-bond acceptors (Lipinski definition) is 5. The van der Waals surface area contributed by atoms with Crippen molar-refractivity contribution in [3.8, 4) is 0 Å². The molecule has 0 bridgehead atoms. The predicted octanol–water partition coefficient (Wildman–Crippen LogP) is 4.86. The molecule has 1 atom stereocenters. The van der Waals surface area contributed by atoms with Gasteiger partial charge in [0.25, 0.3) is 10.0 Å². The van der Waals surface area contributed by atoms with Crippen molar-refractivity contribution < 1.29 is 21.6 Å². The summed E-state index contributed by atoms with van der Waals surface area (Å²) >= 11 is 6.07. The number of carbonyl (C=O) groups is 1. The SMILES string of the molecule is Cc1ccc(C)c(N(C(C)C(=O)Nc2ccc(S(=O)(=O)Nc3ccc(C)c(Cl)c3)cc2)S(C)(=O)=O)c1. The van der Waals surface area contributed by atoms with Gasteiger partial charge < -0.3 is 5.32 Å². The van der Waals surface area contributed by atoms with Crippen molar-refractivity contribution in [1.82, 2.24) is 0 Å². The molecule has 0 aromatic heterocycles. The van der Waals surface area contributed by atoms with E-state index in [1.165, 1.54) is 37.3 Å². The summed E-state index contributed by atoms with van der Waals surface area (Å²) in [7, 11) is -7.67. The van der Waals surface area contributed by atoms with E-state index in [1.807, 2.05) is 19.9 Å². The number of amides is 1. The van der Waals surface area contributed by atoms with Gasteiger partial charge in [-0.25, -0.2) is 16.8 Å². The minimum Gasteiger partial charge on any atom is -0.324 e. The molecule has 0 fully saturated rings. The molecular formula is C25H28ClN3O5S2. The molecule has 1 unspecified atom stereocenters. The van der Waals surface area contributed by atoms with E-state index in [1.54, 1.807) is 31.2 Å². The quantitative estimate of drug-likeness (QED) is 0.416. The summed E-state index contributed by atoms with van der Waals surface area (Å²) in [6, 6.07) is 14.7. The Bertz CT molecular complexity index is 1510. The lowest BCUT2D eigenvalue weighted by molar-refractivity contribution is -0.116. The largest absolute Gasteiger partial charge is 0.324 e. The summed E-state index contributed by atoms with van der Waals surface area (Å²) in [6.07, 6.45) is 1.05. The molecule has 0 aliphatic heterocycles. The zero-order valence-electron chi connectivity index (χ0n) is 20.5. The van der Waals surface area contributed by atoms with E-state index < -0.39 is 32.0 Å².